The minimum absolute atomic E-state index is 0.0130. The monoisotopic (exact) mass is 299 g/mol. The van der Waals surface area contributed by atoms with Crippen LogP contribution in [-0.4, -0.2) is 45.8 Å². The van der Waals surface area contributed by atoms with Crippen LogP contribution in [0.4, 0.5) is 0 Å². The highest BCUT2D eigenvalue weighted by Gasteiger charge is 2.38. The lowest BCUT2D eigenvalue weighted by Gasteiger charge is -2.20. The van der Waals surface area contributed by atoms with Crippen molar-refractivity contribution in [3.63, 3.8) is 0 Å². The lowest BCUT2D eigenvalue weighted by molar-refractivity contribution is 0.250. The zero-order valence-corrected chi connectivity index (χ0v) is 11.7. The van der Waals surface area contributed by atoms with E-state index >= 15 is 0 Å². The number of nitrogens with zero attached hydrogens (tertiary/aromatic N) is 3. The number of aromatic nitrogens is 2. The van der Waals surface area contributed by atoms with Gasteiger partial charge in [0.25, 0.3) is 0 Å². The normalized spacial score (nSPS) is 16.3. The molecule has 0 aliphatic heterocycles. The Labute approximate surface area is 115 Å². The summed E-state index contributed by atoms with van der Waals surface area (Å²) in [7, 11) is -3.62. The Bertz CT molecular complexity index is 694. The van der Waals surface area contributed by atoms with Gasteiger partial charge in [-0.1, -0.05) is 6.07 Å². The van der Waals surface area contributed by atoms with Crippen LogP contribution < -0.4 is 0 Å². The average Bonchev–Trinajstić information content (AvgIpc) is 3.11. The van der Waals surface area contributed by atoms with E-state index in [1.807, 2.05) is 0 Å². The van der Waals surface area contributed by atoms with Crippen LogP contribution in [0.5, 0.6) is 0 Å². The van der Waals surface area contributed by atoms with Crippen molar-refractivity contribution in [1.29, 1.82) is 0 Å². The molecule has 1 saturated carbocycles. The van der Waals surface area contributed by atoms with Crippen LogP contribution in [0.25, 0.3) is 11.0 Å². The van der Waals surface area contributed by atoms with Crippen molar-refractivity contribution in [3.05, 3.63) is 18.2 Å². The highest BCUT2D eigenvalue weighted by atomic mass is 32.2. The summed E-state index contributed by atoms with van der Waals surface area (Å²) in [5, 5.41) is 9.06. The van der Waals surface area contributed by atoms with Gasteiger partial charge in [0.05, 0.1) is 18.3 Å². The number of sulfonamides is 1. The van der Waals surface area contributed by atoms with Gasteiger partial charge in [-0.25, -0.2) is 8.42 Å². The van der Waals surface area contributed by atoms with Gasteiger partial charge in [-0.15, -0.1) is 0 Å². The number of aliphatic hydroxyl groups excluding tert-OH is 1. The molecule has 1 aromatic carbocycles. The third kappa shape index (κ3) is 2.25. The van der Waals surface area contributed by atoms with Crippen molar-refractivity contribution >= 4 is 32.8 Å². The van der Waals surface area contributed by atoms with Crippen LogP contribution >= 0.6 is 11.7 Å². The molecule has 0 bridgehead atoms. The third-order valence-corrected chi connectivity index (χ3v) is 5.64. The first-order valence-corrected chi connectivity index (χ1v) is 8.15. The molecule has 1 aromatic heterocycles. The molecular weight excluding hydrogens is 286 g/mol. The van der Waals surface area contributed by atoms with E-state index in [4.69, 9.17) is 5.11 Å². The first-order chi connectivity index (χ1) is 9.14. The smallest absolute Gasteiger partial charge is 0.245 e. The van der Waals surface area contributed by atoms with Gasteiger partial charge in [0.1, 0.15) is 15.9 Å². The molecule has 2 aromatic rings. The van der Waals surface area contributed by atoms with Crippen molar-refractivity contribution in [2.75, 3.05) is 13.2 Å². The van der Waals surface area contributed by atoms with Crippen LogP contribution in [0.2, 0.25) is 0 Å². The molecule has 0 radical (unpaired) electrons. The second kappa shape index (κ2) is 4.78. The summed E-state index contributed by atoms with van der Waals surface area (Å²) in [5.41, 5.74) is 1.00. The van der Waals surface area contributed by atoms with Crippen LogP contribution in [0, 0.1) is 0 Å². The summed E-state index contributed by atoms with van der Waals surface area (Å²) in [6, 6.07) is 4.97. The highest BCUT2D eigenvalue weighted by Crippen LogP contribution is 2.33. The van der Waals surface area contributed by atoms with E-state index in [9.17, 15) is 8.42 Å². The van der Waals surface area contributed by atoms with Gasteiger partial charge < -0.3 is 5.11 Å². The van der Waals surface area contributed by atoms with Gasteiger partial charge in [0, 0.05) is 12.6 Å². The quantitative estimate of drug-likeness (QED) is 0.884. The molecule has 8 heteroatoms. The number of fused-ring (bicyclic) bond motifs is 1. The first-order valence-electron chi connectivity index (χ1n) is 5.98. The Morgan fingerprint density at radius 2 is 2.16 bits per heavy atom. The number of benzene rings is 1. The molecule has 0 spiro atoms. The van der Waals surface area contributed by atoms with E-state index in [2.05, 4.69) is 8.75 Å². The van der Waals surface area contributed by atoms with E-state index in [0.29, 0.717) is 11.0 Å². The maximum absolute atomic E-state index is 12.7. The number of aliphatic hydroxyl groups is 1. The number of hydrogen-bond donors (Lipinski definition) is 1. The largest absolute Gasteiger partial charge is 0.395 e. The maximum Gasteiger partial charge on any atom is 0.245 e. The molecule has 6 nitrogen and oxygen atoms in total. The molecule has 1 heterocycles. The van der Waals surface area contributed by atoms with Crippen LogP contribution in [-0.2, 0) is 10.0 Å². The standard InChI is InChI=1S/C11H13N3O3S2/c15-7-6-14(8-4-5-8)19(16,17)10-3-1-2-9-11(10)13-18-12-9/h1-3,8,15H,4-7H2. The van der Waals surface area contributed by atoms with Crippen molar-refractivity contribution < 1.29 is 13.5 Å². The van der Waals surface area contributed by atoms with Crippen molar-refractivity contribution in [3.8, 4) is 0 Å². The fourth-order valence-electron chi connectivity index (χ4n) is 2.08. The molecule has 0 unspecified atom stereocenters. The van der Waals surface area contributed by atoms with Gasteiger partial charge in [-0.05, 0) is 25.0 Å². The molecule has 1 aliphatic rings. The molecule has 0 amide bonds. The van der Waals surface area contributed by atoms with Crippen molar-refractivity contribution in [2.45, 2.75) is 23.8 Å². The van der Waals surface area contributed by atoms with E-state index in [1.165, 1.54) is 4.31 Å². The molecule has 1 aliphatic carbocycles. The van der Waals surface area contributed by atoms with Crippen molar-refractivity contribution in [1.82, 2.24) is 13.1 Å². The predicted molar refractivity (Wildman–Crippen MR) is 71.4 cm³/mol. The Kier molecular flexibility index (Phi) is 3.25. The molecular formula is C11H13N3O3S2. The van der Waals surface area contributed by atoms with Crippen LogP contribution in [0.15, 0.2) is 23.1 Å². The van der Waals surface area contributed by atoms with Crippen LogP contribution in [0.3, 0.4) is 0 Å². The Morgan fingerprint density at radius 3 is 2.84 bits per heavy atom. The molecule has 0 atom stereocenters. The van der Waals surface area contributed by atoms with Gasteiger partial charge in [-0.2, -0.15) is 13.1 Å². The maximum atomic E-state index is 12.7. The fourth-order valence-corrected chi connectivity index (χ4v) is 4.51. The lowest BCUT2D eigenvalue weighted by Crippen LogP contribution is -2.35. The zero-order valence-electron chi connectivity index (χ0n) is 10.1. The second-order valence-corrected chi connectivity index (χ2v) is 6.85. The molecule has 0 saturated heterocycles. The fraction of sp³-hybridized carbons (Fsp3) is 0.455. The van der Waals surface area contributed by atoms with Gasteiger partial charge in [-0.3, -0.25) is 0 Å². The van der Waals surface area contributed by atoms with Gasteiger partial charge in [0.2, 0.25) is 10.0 Å². The lowest BCUT2D eigenvalue weighted by atomic mass is 10.3. The van der Waals surface area contributed by atoms with Crippen molar-refractivity contribution in [2.24, 2.45) is 0 Å². The predicted octanol–water partition coefficient (Wildman–Crippen LogP) is 0.837. The minimum Gasteiger partial charge on any atom is -0.395 e. The molecule has 19 heavy (non-hydrogen) atoms. The highest BCUT2D eigenvalue weighted by molar-refractivity contribution is 7.89. The average molecular weight is 299 g/mol. The van der Waals surface area contributed by atoms with Gasteiger partial charge >= 0.3 is 0 Å². The Balaban J connectivity index is 2.10. The first kappa shape index (κ1) is 12.9. The zero-order chi connectivity index (χ0) is 13.5. The summed E-state index contributed by atoms with van der Waals surface area (Å²) in [5.74, 6) is 0. The SMILES string of the molecule is O=S(=O)(c1cccc2nsnc12)N(CCO)C1CC1. The topological polar surface area (TPSA) is 83.4 Å². The number of rotatable bonds is 5. The second-order valence-electron chi connectivity index (χ2n) is 4.46. The summed E-state index contributed by atoms with van der Waals surface area (Å²) in [6.07, 6.45) is 1.70. The van der Waals surface area contributed by atoms with E-state index in [1.54, 1.807) is 18.2 Å². The Morgan fingerprint density at radius 1 is 1.37 bits per heavy atom. The molecule has 1 N–H and O–H groups in total. The van der Waals surface area contributed by atoms with Crippen LogP contribution in [0.1, 0.15) is 12.8 Å². The summed E-state index contributed by atoms with van der Waals surface area (Å²) in [6.45, 7) is -0.0536. The van der Waals surface area contributed by atoms with E-state index in [-0.39, 0.29) is 24.1 Å². The summed E-state index contributed by atoms with van der Waals surface area (Å²) < 4.78 is 34.8. The van der Waals surface area contributed by atoms with E-state index in [0.717, 1.165) is 24.6 Å². The molecule has 102 valence electrons. The molecule has 1 fully saturated rings. The Hall–Kier alpha value is -1.09. The summed E-state index contributed by atoms with van der Waals surface area (Å²) in [4.78, 5) is 0.180. The third-order valence-electron chi connectivity index (χ3n) is 3.11. The van der Waals surface area contributed by atoms with Gasteiger partial charge in [0.15, 0.2) is 0 Å². The van der Waals surface area contributed by atoms with E-state index < -0.39 is 10.0 Å². The number of hydrogen-bond acceptors (Lipinski definition) is 6. The minimum atomic E-state index is -3.62. The summed E-state index contributed by atoms with van der Waals surface area (Å²) >= 11 is 1.000. The molecule has 3 rings (SSSR count).